The molecule has 0 amide bonds. The van der Waals surface area contributed by atoms with Crippen LogP contribution in [0.2, 0.25) is 0 Å². The Balaban J connectivity index is 2.51. The Morgan fingerprint density at radius 2 is 1.62 bits per heavy atom. The van der Waals surface area contributed by atoms with Gasteiger partial charge in [0.2, 0.25) is 0 Å². The van der Waals surface area contributed by atoms with Crippen molar-refractivity contribution in [3.8, 4) is 0 Å². The molecule has 1 aromatic carbocycles. The number of hydrogen-bond acceptors (Lipinski definition) is 0. The number of aryl methyl sites for hydroxylation is 1. The van der Waals surface area contributed by atoms with Crippen molar-refractivity contribution in [2.45, 2.75) is 33.6 Å². The number of hydrogen-bond donors (Lipinski definition) is 0. The Bertz CT molecular complexity index is 253. The molecule has 1 rings (SSSR count). The van der Waals surface area contributed by atoms with Crippen molar-refractivity contribution >= 4 is 13.3 Å². The molecular formula is C12H17B. The van der Waals surface area contributed by atoms with Gasteiger partial charge in [-0.15, -0.1) is 0 Å². The first-order valence-electron chi connectivity index (χ1n) is 4.82. The van der Waals surface area contributed by atoms with E-state index in [1.54, 1.807) is 0 Å². The van der Waals surface area contributed by atoms with Crippen LogP contribution < -0.4 is 5.46 Å². The first-order chi connectivity index (χ1) is 5.97. The van der Waals surface area contributed by atoms with Gasteiger partial charge in [-0.25, -0.2) is 0 Å². The molecule has 0 aliphatic heterocycles. The van der Waals surface area contributed by atoms with E-state index in [1.165, 1.54) is 12.0 Å². The molecule has 0 spiro atoms. The summed E-state index contributed by atoms with van der Waals surface area (Å²) in [5, 5.41) is 0. The minimum absolute atomic E-state index is 0.418. The van der Waals surface area contributed by atoms with Gasteiger partial charge in [-0.05, 0) is 23.8 Å². The van der Waals surface area contributed by atoms with E-state index in [2.05, 4.69) is 32.9 Å². The third-order valence-electron chi connectivity index (χ3n) is 2.14. The zero-order valence-corrected chi connectivity index (χ0v) is 8.80. The Labute approximate surface area is 82.8 Å². The van der Waals surface area contributed by atoms with Crippen LogP contribution in [0.5, 0.6) is 0 Å². The predicted molar refractivity (Wildman–Crippen MR) is 59.6 cm³/mol. The van der Waals surface area contributed by atoms with Crippen molar-refractivity contribution in [2.24, 2.45) is 5.41 Å². The van der Waals surface area contributed by atoms with Crippen LogP contribution >= 0.6 is 0 Å². The third-order valence-corrected chi connectivity index (χ3v) is 2.14. The van der Waals surface area contributed by atoms with Crippen molar-refractivity contribution in [3.05, 3.63) is 29.8 Å². The maximum atomic E-state index is 5.61. The summed E-state index contributed by atoms with van der Waals surface area (Å²) in [4.78, 5) is 0. The van der Waals surface area contributed by atoms with Crippen LogP contribution in [0.1, 0.15) is 32.8 Å². The lowest BCUT2D eigenvalue weighted by atomic mass is 9.87. The molecule has 0 atom stereocenters. The van der Waals surface area contributed by atoms with Crippen molar-refractivity contribution in [2.75, 3.05) is 0 Å². The topological polar surface area (TPSA) is 0 Å². The van der Waals surface area contributed by atoms with Gasteiger partial charge in [0.15, 0.2) is 0 Å². The molecule has 2 radical (unpaired) electrons. The minimum atomic E-state index is 0.418. The Kier molecular flexibility index (Phi) is 3.19. The van der Waals surface area contributed by atoms with Crippen molar-refractivity contribution in [3.63, 3.8) is 0 Å². The smallest absolute Gasteiger partial charge is 0.0967 e. The molecule has 0 saturated carbocycles. The molecule has 68 valence electrons. The lowest BCUT2D eigenvalue weighted by molar-refractivity contribution is 0.378. The van der Waals surface area contributed by atoms with E-state index in [4.69, 9.17) is 7.85 Å². The van der Waals surface area contributed by atoms with Gasteiger partial charge >= 0.3 is 0 Å². The van der Waals surface area contributed by atoms with Crippen LogP contribution in [0.15, 0.2) is 24.3 Å². The largest absolute Gasteiger partial charge is 0.113 e. The van der Waals surface area contributed by atoms with E-state index < -0.39 is 0 Å². The summed E-state index contributed by atoms with van der Waals surface area (Å²) >= 11 is 0. The molecule has 0 saturated heterocycles. The van der Waals surface area contributed by atoms with Crippen LogP contribution in [0.4, 0.5) is 0 Å². The lowest BCUT2D eigenvalue weighted by Crippen LogP contribution is -2.07. The van der Waals surface area contributed by atoms with Crippen molar-refractivity contribution in [1.82, 2.24) is 0 Å². The highest BCUT2D eigenvalue weighted by Gasteiger charge is 2.09. The minimum Gasteiger partial charge on any atom is -0.0967 e. The molecule has 0 nitrogen and oxygen atoms in total. The van der Waals surface area contributed by atoms with Gasteiger partial charge in [0.25, 0.3) is 0 Å². The summed E-state index contributed by atoms with van der Waals surface area (Å²) in [5.41, 5.74) is 2.64. The van der Waals surface area contributed by atoms with Crippen LogP contribution in [0, 0.1) is 5.41 Å². The molecule has 1 heteroatoms. The molecule has 0 fully saturated rings. The van der Waals surface area contributed by atoms with Crippen molar-refractivity contribution in [1.29, 1.82) is 0 Å². The van der Waals surface area contributed by atoms with Gasteiger partial charge < -0.3 is 0 Å². The number of rotatable bonds is 2. The summed E-state index contributed by atoms with van der Waals surface area (Å²) in [6.45, 7) is 6.80. The molecule has 0 aromatic heterocycles. The van der Waals surface area contributed by atoms with Gasteiger partial charge in [-0.3, -0.25) is 0 Å². The second-order valence-electron chi connectivity index (χ2n) is 4.80. The Hall–Kier alpha value is -0.715. The summed E-state index contributed by atoms with van der Waals surface area (Å²) < 4.78 is 0. The molecular weight excluding hydrogens is 155 g/mol. The standard InChI is InChI=1S/C12H17B/c1-12(2,3)9-8-10-4-6-11(13)7-5-10/h4-7H,8-9H2,1-3H3. The predicted octanol–water partition coefficient (Wildman–Crippen LogP) is 2.46. The van der Waals surface area contributed by atoms with E-state index in [0.717, 1.165) is 11.9 Å². The summed E-state index contributed by atoms with van der Waals surface area (Å²) in [6.07, 6.45) is 2.36. The first-order valence-corrected chi connectivity index (χ1v) is 4.82. The normalized spacial score (nSPS) is 11.6. The quantitative estimate of drug-likeness (QED) is 0.601. The maximum Gasteiger partial charge on any atom is 0.113 e. The average molecular weight is 172 g/mol. The first kappa shape index (κ1) is 10.4. The van der Waals surface area contributed by atoms with E-state index >= 15 is 0 Å². The lowest BCUT2D eigenvalue weighted by Gasteiger charge is -2.17. The Morgan fingerprint density at radius 1 is 1.08 bits per heavy atom. The van der Waals surface area contributed by atoms with Gasteiger partial charge in [0, 0.05) is 0 Å². The second kappa shape index (κ2) is 4.00. The Morgan fingerprint density at radius 3 is 2.08 bits per heavy atom. The van der Waals surface area contributed by atoms with Gasteiger partial charge in [-0.2, -0.15) is 0 Å². The molecule has 0 aliphatic rings. The zero-order valence-electron chi connectivity index (χ0n) is 8.80. The van der Waals surface area contributed by atoms with Crippen LogP contribution in [-0.2, 0) is 6.42 Å². The molecule has 0 aliphatic carbocycles. The highest BCUT2D eigenvalue weighted by atomic mass is 14.1. The second-order valence-corrected chi connectivity index (χ2v) is 4.80. The highest BCUT2D eigenvalue weighted by molar-refractivity contribution is 6.32. The summed E-state index contributed by atoms with van der Waals surface area (Å²) in [7, 11) is 5.61. The molecule has 13 heavy (non-hydrogen) atoms. The monoisotopic (exact) mass is 172 g/mol. The van der Waals surface area contributed by atoms with Crippen LogP contribution in [0.25, 0.3) is 0 Å². The van der Waals surface area contributed by atoms with Crippen LogP contribution in [0.3, 0.4) is 0 Å². The van der Waals surface area contributed by atoms with Crippen LogP contribution in [-0.4, -0.2) is 7.85 Å². The van der Waals surface area contributed by atoms with Gasteiger partial charge in [-0.1, -0.05) is 50.5 Å². The SMILES string of the molecule is [B]c1ccc(CCC(C)(C)C)cc1. The van der Waals surface area contributed by atoms with Crippen molar-refractivity contribution < 1.29 is 0 Å². The molecule has 1 aromatic rings. The fourth-order valence-corrected chi connectivity index (χ4v) is 1.20. The fourth-order valence-electron chi connectivity index (χ4n) is 1.20. The van der Waals surface area contributed by atoms with E-state index in [0.29, 0.717) is 5.41 Å². The molecule has 0 bridgehead atoms. The molecule has 0 unspecified atom stereocenters. The summed E-state index contributed by atoms with van der Waals surface area (Å²) in [6, 6.07) is 8.16. The average Bonchev–Trinajstić information content (AvgIpc) is 2.02. The van der Waals surface area contributed by atoms with Gasteiger partial charge in [0.1, 0.15) is 7.85 Å². The zero-order chi connectivity index (χ0) is 9.90. The fraction of sp³-hybridized carbons (Fsp3) is 0.500. The number of benzene rings is 1. The van der Waals surface area contributed by atoms with E-state index in [9.17, 15) is 0 Å². The molecule has 0 heterocycles. The molecule has 0 N–H and O–H groups in total. The maximum absolute atomic E-state index is 5.61. The highest BCUT2D eigenvalue weighted by Crippen LogP contribution is 2.20. The summed E-state index contributed by atoms with van der Waals surface area (Å²) in [5.74, 6) is 0. The third kappa shape index (κ3) is 4.16. The van der Waals surface area contributed by atoms with Gasteiger partial charge in [0.05, 0.1) is 0 Å². The van der Waals surface area contributed by atoms with E-state index in [1.807, 2.05) is 12.1 Å². The van der Waals surface area contributed by atoms with E-state index in [-0.39, 0.29) is 0 Å².